The Morgan fingerprint density at radius 1 is 0.929 bits per heavy atom. The summed E-state index contributed by atoms with van der Waals surface area (Å²) in [4.78, 5) is 16.9. The fourth-order valence-electron chi connectivity index (χ4n) is 2.80. The molecule has 28 heavy (non-hydrogen) atoms. The summed E-state index contributed by atoms with van der Waals surface area (Å²) < 4.78 is 15.9. The van der Waals surface area contributed by atoms with Crippen molar-refractivity contribution in [2.24, 2.45) is 0 Å². The minimum atomic E-state index is -0.312. The SMILES string of the molecule is COc1cc(NC(=O)c2cncc(-c3cccc(N)c3)c2)cc(OC)c1OC. The molecule has 144 valence electrons. The lowest BCUT2D eigenvalue weighted by Crippen LogP contribution is -2.12. The molecule has 0 unspecified atom stereocenters. The van der Waals surface area contributed by atoms with Gasteiger partial charge in [-0.05, 0) is 23.8 Å². The average Bonchev–Trinajstić information content (AvgIpc) is 2.73. The molecule has 7 nitrogen and oxygen atoms in total. The normalized spacial score (nSPS) is 10.2. The molecule has 0 saturated carbocycles. The van der Waals surface area contributed by atoms with Crippen molar-refractivity contribution in [3.8, 4) is 28.4 Å². The van der Waals surface area contributed by atoms with Gasteiger partial charge >= 0.3 is 0 Å². The van der Waals surface area contributed by atoms with E-state index < -0.39 is 0 Å². The lowest BCUT2D eigenvalue weighted by molar-refractivity contribution is 0.102. The average molecular weight is 379 g/mol. The fourth-order valence-corrected chi connectivity index (χ4v) is 2.80. The monoisotopic (exact) mass is 379 g/mol. The van der Waals surface area contributed by atoms with Gasteiger partial charge in [-0.15, -0.1) is 0 Å². The van der Waals surface area contributed by atoms with Crippen LogP contribution < -0.4 is 25.3 Å². The van der Waals surface area contributed by atoms with E-state index in [1.54, 1.807) is 30.5 Å². The summed E-state index contributed by atoms with van der Waals surface area (Å²) in [6.07, 6.45) is 3.19. The maximum atomic E-state index is 12.7. The van der Waals surface area contributed by atoms with E-state index in [9.17, 15) is 4.79 Å². The van der Waals surface area contributed by atoms with Gasteiger partial charge in [-0.1, -0.05) is 12.1 Å². The van der Waals surface area contributed by atoms with Crippen LogP contribution >= 0.6 is 0 Å². The molecule has 3 aromatic rings. The highest BCUT2D eigenvalue weighted by Crippen LogP contribution is 2.40. The number of nitrogens with one attached hydrogen (secondary N) is 1. The molecule has 0 aliphatic rings. The highest BCUT2D eigenvalue weighted by Gasteiger charge is 2.15. The van der Waals surface area contributed by atoms with E-state index >= 15 is 0 Å². The Kier molecular flexibility index (Phi) is 5.64. The summed E-state index contributed by atoms with van der Waals surface area (Å²) in [7, 11) is 4.55. The Morgan fingerprint density at radius 3 is 2.25 bits per heavy atom. The Hall–Kier alpha value is -3.74. The van der Waals surface area contributed by atoms with E-state index in [1.807, 2.05) is 18.2 Å². The van der Waals surface area contributed by atoms with Gasteiger partial charge in [-0.25, -0.2) is 0 Å². The second kappa shape index (κ2) is 8.30. The first-order valence-electron chi connectivity index (χ1n) is 8.48. The van der Waals surface area contributed by atoms with Gasteiger partial charge in [0.1, 0.15) is 0 Å². The Bertz CT molecular complexity index is 979. The van der Waals surface area contributed by atoms with E-state index in [1.165, 1.54) is 27.5 Å². The molecule has 1 amide bonds. The lowest BCUT2D eigenvalue weighted by Gasteiger charge is -2.14. The molecule has 0 saturated heterocycles. The number of nitrogens with two attached hydrogens (primary N) is 1. The lowest BCUT2D eigenvalue weighted by atomic mass is 10.1. The number of carbonyl (C=O) groups excluding carboxylic acids is 1. The Labute approximate surface area is 163 Å². The van der Waals surface area contributed by atoms with Gasteiger partial charge in [0.15, 0.2) is 11.5 Å². The molecule has 0 atom stereocenters. The van der Waals surface area contributed by atoms with Crippen LogP contribution in [-0.2, 0) is 0 Å². The number of nitrogens with zero attached hydrogens (tertiary/aromatic N) is 1. The van der Waals surface area contributed by atoms with Crippen LogP contribution in [0.3, 0.4) is 0 Å². The number of hydrogen-bond donors (Lipinski definition) is 2. The van der Waals surface area contributed by atoms with E-state index in [2.05, 4.69) is 10.3 Å². The summed E-state index contributed by atoms with van der Waals surface area (Å²) in [5.41, 5.74) is 9.08. The topological polar surface area (TPSA) is 95.7 Å². The maximum absolute atomic E-state index is 12.7. The molecule has 0 spiro atoms. The second-order valence-electron chi connectivity index (χ2n) is 5.96. The summed E-state index contributed by atoms with van der Waals surface area (Å²) in [6.45, 7) is 0. The van der Waals surface area contributed by atoms with E-state index in [0.29, 0.717) is 34.2 Å². The third kappa shape index (κ3) is 3.98. The molecule has 7 heteroatoms. The molecule has 1 heterocycles. The predicted molar refractivity (Wildman–Crippen MR) is 108 cm³/mol. The Morgan fingerprint density at radius 2 is 1.64 bits per heavy atom. The first kappa shape index (κ1) is 19.0. The number of rotatable bonds is 6. The molecule has 1 aromatic heterocycles. The van der Waals surface area contributed by atoms with Gasteiger partial charge < -0.3 is 25.3 Å². The fraction of sp³-hybridized carbons (Fsp3) is 0.143. The summed E-state index contributed by atoms with van der Waals surface area (Å²) >= 11 is 0. The van der Waals surface area contributed by atoms with Crippen LogP contribution in [0, 0.1) is 0 Å². The van der Waals surface area contributed by atoms with Crippen LogP contribution in [0.5, 0.6) is 17.2 Å². The first-order valence-corrected chi connectivity index (χ1v) is 8.48. The van der Waals surface area contributed by atoms with Crippen molar-refractivity contribution in [1.29, 1.82) is 0 Å². The van der Waals surface area contributed by atoms with Gasteiger partial charge in [-0.3, -0.25) is 9.78 Å². The molecular formula is C21H21N3O4. The molecule has 0 bridgehead atoms. The molecular weight excluding hydrogens is 358 g/mol. The number of pyridine rings is 1. The van der Waals surface area contributed by atoms with Crippen molar-refractivity contribution in [3.63, 3.8) is 0 Å². The summed E-state index contributed by atoms with van der Waals surface area (Å²) in [5.74, 6) is 1.04. The predicted octanol–water partition coefficient (Wildman–Crippen LogP) is 3.61. The molecule has 0 radical (unpaired) electrons. The summed E-state index contributed by atoms with van der Waals surface area (Å²) in [5, 5.41) is 2.83. The standard InChI is InChI=1S/C21H21N3O4/c1-26-18-9-17(10-19(27-2)20(18)28-3)24-21(25)15-7-14(11-23-12-15)13-5-4-6-16(22)8-13/h4-12H,22H2,1-3H3,(H,24,25). The van der Waals surface area contributed by atoms with Gasteiger partial charge in [0, 0.05) is 41.5 Å². The minimum absolute atomic E-state index is 0.312. The maximum Gasteiger partial charge on any atom is 0.257 e. The van der Waals surface area contributed by atoms with Crippen molar-refractivity contribution < 1.29 is 19.0 Å². The number of methoxy groups -OCH3 is 3. The highest BCUT2D eigenvalue weighted by molar-refractivity contribution is 6.05. The van der Waals surface area contributed by atoms with Crippen LogP contribution in [0.2, 0.25) is 0 Å². The van der Waals surface area contributed by atoms with Crippen LogP contribution in [-0.4, -0.2) is 32.2 Å². The molecule has 0 aliphatic carbocycles. The van der Waals surface area contributed by atoms with Crippen molar-refractivity contribution in [1.82, 2.24) is 4.98 Å². The number of amides is 1. The van der Waals surface area contributed by atoms with Crippen LogP contribution in [0.4, 0.5) is 11.4 Å². The smallest absolute Gasteiger partial charge is 0.257 e. The third-order valence-corrected chi connectivity index (χ3v) is 4.14. The number of carbonyl (C=O) groups is 1. The molecule has 2 aromatic carbocycles. The van der Waals surface area contributed by atoms with Gasteiger partial charge in [0.05, 0.1) is 26.9 Å². The van der Waals surface area contributed by atoms with Gasteiger partial charge in [0.2, 0.25) is 5.75 Å². The van der Waals surface area contributed by atoms with Crippen molar-refractivity contribution >= 4 is 17.3 Å². The van der Waals surface area contributed by atoms with Gasteiger partial charge in [-0.2, -0.15) is 0 Å². The van der Waals surface area contributed by atoms with E-state index in [-0.39, 0.29) is 5.91 Å². The number of anilines is 2. The molecule has 0 aliphatic heterocycles. The number of aromatic nitrogens is 1. The quantitative estimate of drug-likeness (QED) is 0.635. The number of nitrogen functional groups attached to an aromatic ring is 1. The molecule has 0 fully saturated rings. The Balaban J connectivity index is 1.89. The van der Waals surface area contributed by atoms with Crippen molar-refractivity contribution in [3.05, 3.63) is 60.4 Å². The second-order valence-corrected chi connectivity index (χ2v) is 5.96. The van der Waals surface area contributed by atoms with Crippen molar-refractivity contribution in [2.75, 3.05) is 32.4 Å². The van der Waals surface area contributed by atoms with Crippen LogP contribution in [0.1, 0.15) is 10.4 Å². The number of benzene rings is 2. The largest absolute Gasteiger partial charge is 0.493 e. The third-order valence-electron chi connectivity index (χ3n) is 4.14. The van der Waals surface area contributed by atoms with E-state index in [0.717, 1.165) is 11.1 Å². The zero-order valence-corrected chi connectivity index (χ0v) is 15.9. The number of hydrogen-bond acceptors (Lipinski definition) is 6. The summed E-state index contributed by atoms with van der Waals surface area (Å²) in [6, 6.07) is 12.5. The highest BCUT2D eigenvalue weighted by atomic mass is 16.5. The minimum Gasteiger partial charge on any atom is -0.493 e. The van der Waals surface area contributed by atoms with E-state index in [4.69, 9.17) is 19.9 Å². The number of ether oxygens (including phenoxy) is 3. The zero-order chi connectivity index (χ0) is 20.1. The molecule has 3 rings (SSSR count). The first-order chi connectivity index (χ1) is 13.5. The van der Waals surface area contributed by atoms with Crippen LogP contribution in [0.25, 0.3) is 11.1 Å². The molecule has 3 N–H and O–H groups in total. The van der Waals surface area contributed by atoms with Crippen LogP contribution in [0.15, 0.2) is 54.9 Å². The van der Waals surface area contributed by atoms with Gasteiger partial charge in [0.25, 0.3) is 5.91 Å². The zero-order valence-electron chi connectivity index (χ0n) is 15.9. The van der Waals surface area contributed by atoms with Crippen molar-refractivity contribution in [2.45, 2.75) is 0 Å².